The second-order valence-corrected chi connectivity index (χ2v) is 8.16. The lowest BCUT2D eigenvalue weighted by Crippen LogP contribution is -3.00. The third kappa shape index (κ3) is 9.09. The topological polar surface area (TPSA) is 0 Å². The van der Waals surface area contributed by atoms with Gasteiger partial charge in [-0.3, -0.25) is 0 Å². The minimum Gasteiger partial charge on any atom is -1.00 e. The van der Waals surface area contributed by atoms with Gasteiger partial charge in [-0.25, -0.2) is 0 Å². The highest BCUT2D eigenvalue weighted by Gasteiger charge is 2.35. The predicted octanol–water partition coefficient (Wildman–Crippen LogP) is 4.10. The van der Waals surface area contributed by atoms with Crippen LogP contribution in [0.3, 0.4) is 0 Å². The van der Waals surface area contributed by atoms with E-state index in [-0.39, 0.29) is 12.4 Å². The van der Waals surface area contributed by atoms with Crippen LogP contribution in [0.15, 0.2) is 0 Å². The Morgan fingerprint density at radius 3 is 1.58 bits per heavy atom. The fourth-order valence-corrected chi connectivity index (χ4v) is 4.96. The SMILES string of the molecule is CCCCCCCCCC[N+](CCC)(CCC)C1CCCCC1.[Cl-]. The Morgan fingerprint density at radius 2 is 1.08 bits per heavy atom. The highest BCUT2D eigenvalue weighted by atomic mass is 35.5. The van der Waals surface area contributed by atoms with Crippen molar-refractivity contribution in [2.24, 2.45) is 0 Å². The maximum Gasteiger partial charge on any atom is 0.0890 e. The van der Waals surface area contributed by atoms with E-state index in [1.807, 2.05) is 0 Å². The van der Waals surface area contributed by atoms with Crippen molar-refractivity contribution < 1.29 is 16.9 Å². The van der Waals surface area contributed by atoms with Crippen LogP contribution in [0.1, 0.15) is 117 Å². The van der Waals surface area contributed by atoms with Crippen LogP contribution in [-0.4, -0.2) is 30.2 Å². The number of hydrogen-bond donors (Lipinski definition) is 0. The van der Waals surface area contributed by atoms with Crippen LogP contribution in [0.2, 0.25) is 0 Å². The molecule has 24 heavy (non-hydrogen) atoms. The highest BCUT2D eigenvalue weighted by molar-refractivity contribution is 4.68. The minimum atomic E-state index is 0. The molecule has 0 amide bonds. The standard InChI is InChI=1S/C22H46N.ClH/c1-4-7-8-9-10-11-12-16-21-23(19-5-2,20-6-3)22-17-14-13-15-18-22;/h22H,4-21H2,1-3H3;1H/q+1;/p-1. The lowest BCUT2D eigenvalue weighted by Gasteiger charge is -2.47. The van der Waals surface area contributed by atoms with Gasteiger partial charge < -0.3 is 16.9 Å². The fraction of sp³-hybridized carbons (Fsp3) is 1.00. The Balaban J connectivity index is 0.00000529. The molecule has 0 unspecified atom stereocenters. The van der Waals surface area contributed by atoms with Gasteiger partial charge in [0, 0.05) is 0 Å². The molecule has 1 saturated carbocycles. The number of hydrogen-bond acceptors (Lipinski definition) is 0. The van der Waals surface area contributed by atoms with Gasteiger partial charge in [-0.05, 0) is 51.4 Å². The lowest BCUT2D eigenvalue weighted by atomic mass is 9.91. The number of halogens is 1. The molecule has 0 radical (unpaired) electrons. The molecular formula is C22H46ClN. The van der Waals surface area contributed by atoms with E-state index in [4.69, 9.17) is 0 Å². The van der Waals surface area contributed by atoms with Crippen LogP contribution >= 0.6 is 0 Å². The summed E-state index contributed by atoms with van der Waals surface area (Å²) in [5, 5.41) is 0. The summed E-state index contributed by atoms with van der Waals surface area (Å²) in [6, 6.07) is 0.994. The van der Waals surface area contributed by atoms with Crippen molar-refractivity contribution in [1.82, 2.24) is 0 Å². The van der Waals surface area contributed by atoms with E-state index in [1.165, 1.54) is 120 Å². The molecule has 0 aliphatic heterocycles. The Hall–Kier alpha value is 0.250. The van der Waals surface area contributed by atoms with Crippen molar-refractivity contribution >= 4 is 0 Å². The van der Waals surface area contributed by atoms with Crippen molar-refractivity contribution in [1.29, 1.82) is 0 Å². The van der Waals surface area contributed by atoms with Crippen LogP contribution in [0.4, 0.5) is 0 Å². The molecule has 1 fully saturated rings. The van der Waals surface area contributed by atoms with Crippen LogP contribution in [-0.2, 0) is 0 Å². The van der Waals surface area contributed by atoms with Crippen molar-refractivity contribution in [2.75, 3.05) is 19.6 Å². The molecule has 1 nitrogen and oxygen atoms in total. The van der Waals surface area contributed by atoms with E-state index >= 15 is 0 Å². The molecular weight excluding hydrogens is 314 g/mol. The van der Waals surface area contributed by atoms with Gasteiger partial charge in [-0.15, -0.1) is 0 Å². The summed E-state index contributed by atoms with van der Waals surface area (Å²) < 4.78 is 1.48. The van der Waals surface area contributed by atoms with Crippen molar-refractivity contribution in [3.8, 4) is 0 Å². The van der Waals surface area contributed by atoms with Crippen molar-refractivity contribution in [3.05, 3.63) is 0 Å². The van der Waals surface area contributed by atoms with Crippen LogP contribution in [0.25, 0.3) is 0 Å². The van der Waals surface area contributed by atoms with Gasteiger partial charge in [-0.2, -0.15) is 0 Å². The molecule has 1 rings (SSSR count). The molecule has 1 aliphatic carbocycles. The van der Waals surface area contributed by atoms with E-state index in [0.717, 1.165) is 6.04 Å². The molecule has 0 N–H and O–H groups in total. The van der Waals surface area contributed by atoms with Crippen LogP contribution in [0.5, 0.6) is 0 Å². The zero-order valence-electron chi connectivity index (χ0n) is 17.1. The fourth-order valence-electron chi connectivity index (χ4n) is 4.96. The Bertz CT molecular complexity index is 255. The van der Waals surface area contributed by atoms with E-state index in [1.54, 1.807) is 0 Å². The third-order valence-corrected chi connectivity index (χ3v) is 6.14. The van der Waals surface area contributed by atoms with Crippen LogP contribution in [0, 0.1) is 0 Å². The molecule has 0 aromatic rings. The highest BCUT2D eigenvalue weighted by Crippen LogP contribution is 2.30. The molecule has 0 aromatic carbocycles. The minimum absolute atomic E-state index is 0. The number of quaternary nitrogens is 1. The van der Waals surface area contributed by atoms with Gasteiger partial charge >= 0.3 is 0 Å². The maximum atomic E-state index is 2.40. The van der Waals surface area contributed by atoms with Gasteiger partial charge in [0.25, 0.3) is 0 Å². The second-order valence-electron chi connectivity index (χ2n) is 8.16. The lowest BCUT2D eigenvalue weighted by molar-refractivity contribution is -0.952. The van der Waals surface area contributed by atoms with Crippen molar-refractivity contribution in [2.45, 2.75) is 123 Å². The first-order valence-electron chi connectivity index (χ1n) is 11.1. The van der Waals surface area contributed by atoms with Crippen molar-refractivity contribution in [3.63, 3.8) is 0 Å². The molecule has 0 bridgehead atoms. The van der Waals surface area contributed by atoms with E-state index in [9.17, 15) is 0 Å². The quantitative estimate of drug-likeness (QED) is 0.323. The summed E-state index contributed by atoms with van der Waals surface area (Å²) >= 11 is 0. The molecule has 0 heterocycles. The van der Waals surface area contributed by atoms with Gasteiger partial charge in [-0.1, -0.05) is 65.7 Å². The summed E-state index contributed by atoms with van der Waals surface area (Å²) in [6.45, 7) is 11.5. The predicted molar refractivity (Wildman–Crippen MR) is 105 cm³/mol. The maximum absolute atomic E-state index is 2.40. The molecule has 146 valence electrons. The monoisotopic (exact) mass is 359 g/mol. The summed E-state index contributed by atoms with van der Waals surface area (Å²) in [6.07, 6.45) is 21.9. The normalized spacial score (nSPS) is 16.1. The average molecular weight is 360 g/mol. The van der Waals surface area contributed by atoms with E-state index in [2.05, 4.69) is 20.8 Å². The smallest absolute Gasteiger partial charge is 0.0890 e. The zero-order chi connectivity index (χ0) is 16.8. The summed E-state index contributed by atoms with van der Waals surface area (Å²) in [5.41, 5.74) is 0. The molecule has 0 saturated heterocycles. The van der Waals surface area contributed by atoms with E-state index < -0.39 is 0 Å². The third-order valence-electron chi connectivity index (χ3n) is 6.14. The molecule has 0 atom stereocenters. The first-order chi connectivity index (χ1) is 11.3. The second kappa shape index (κ2) is 15.5. The van der Waals surface area contributed by atoms with Gasteiger partial charge in [0.1, 0.15) is 0 Å². The summed E-state index contributed by atoms with van der Waals surface area (Å²) in [4.78, 5) is 0. The largest absolute Gasteiger partial charge is 1.00 e. The number of rotatable bonds is 14. The molecule has 0 aromatic heterocycles. The van der Waals surface area contributed by atoms with Gasteiger partial charge in [0.2, 0.25) is 0 Å². The zero-order valence-corrected chi connectivity index (χ0v) is 17.9. The Morgan fingerprint density at radius 1 is 0.583 bits per heavy atom. The van der Waals surface area contributed by atoms with Crippen LogP contribution < -0.4 is 12.4 Å². The molecule has 2 heteroatoms. The average Bonchev–Trinajstić information content (AvgIpc) is 2.58. The number of nitrogens with zero attached hydrogens (tertiary/aromatic N) is 1. The first kappa shape index (κ1) is 24.2. The number of unbranched alkanes of at least 4 members (excludes halogenated alkanes) is 7. The van der Waals surface area contributed by atoms with Gasteiger partial charge in [0.05, 0.1) is 25.7 Å². The molecule has 1 aliphatic rings. The van der Waals surface area contributed by atoms with E-state index in [0.29, 0.717) is 0 Å². The summed E-state index contributed by atoms with van der Waals surface area (Å²) in [5.74, 6) is 0. The Kier molecular flexibility index (Phi) is 15.7. The summed E-state index contributed by atoms with van der Waals surface area (Å²) in [7, 11) is 0. The molecule has 0 spiro atoms. The van der Waals surface area contributed by atoms with Gasteiger partial charge in [0.15, 0.2) is 0 Å². The Labute approximate surface area is 160 Å². The first-order valence-corrected chi connectivity index (χ1v) is 11.1.